The molecule has 0 spiro atoms. The molecule has 1 aliphatic heterocycles. The predicted molar refractivity (Wildman–Crippen MR) is 78.7 cm³/mol. The number of carbonyl (C=O) groups is 1. The number of amides is 2. The summed E-state index contributed by atoms with van der Waals surface area (Å²) < 4.78 is 0. The van der Waals surface area contributed by atoms with Crippen LogP contribution >= 0.6 is 0 Å². The molecule has 1 aliphatic rings. The van der Waals surface area contributed by atoms with Crippen LogP contribution in [0.2, 0.25) is 0 Å². The van der Waals surface area contributed by atoms with E-state index in [1.807, 2.05) is 26.8 Å². The van der Waals surface area contributed by atoms with Crippen LogP contribution in [0.3, 0.4) is 0 Å². The molecule has 2 heterocycles. The van der Waals surface area contributed by atoms with Gasteiger partial charge in [-0.05, 0) is 39.7 Å². The number of hydrogen-bond acceptors (Lipinski definition) is 4. The van der Waals surface area contributed by atoms with E-state index in [4.69, 9.17) is 0 Å². The second kappa shape index (κ2) is 6.07. The number of aromatic nitrogens is 2. The molecule has 2 rings (SSSR count). The quantitative estimate of drug-likeness (QED) is 0.860. The van der Waals surface area contributed by atoms with Crippen LogP contribution in [0.4, 0.5) is 10.7 Å². The molecule has 2 amide bonds. The molecule has 6 heteroatoms. The van der Waals surface area contributed by atoms with Crippen molar-refractivity contribution < 1.29 is 4.79 Å². The van der Waals surface area contributed by atoms with Gasteiger partial charge in [0, 0.05) is 37.1 Å². The summed E-state index contributed by atoms with van der Waals surface area (Å²) in [5.41, 5.74) is -0.206. The lowest BCUT2D eigenvalue weighted by Crippen LogP contribution is -2.52. The molecule has 0 saturated carbocycles. The molecule has 20 heavy (non-hydrogen) atoms. The number of anilines is 1. The van der Waals surface area contributed by atoms with Crippen molar-refractivity contribution in [2.45, 2.75) is 45.2 Å². The largest absolute Gasteiger partial charge is 0.341 e. The fourth-order valence-corrected chi connectivity index (χ4v) is 2.24. The van der Waals surface area contributed by atoms with Crippen LogP contribution in [-0.4, -0.2) is 40.7 Å². The van der Waals surface area contributed by atoms with E-state index in [2.05, 4.69) is 25.5 Å². The van der Waals surface area contributed by atoms with Crippen molar-refractivity contribution in [3.63, 3.8) is 0 Å². The third-order valence-electron chi connectivity index (χ3n) is 3.15. The standard InChI is InChI=1S/C14H23N5O/c1-14(2,3)18-13(20)17-11-5-9-19(10-6-11)12-15-7-4-8-16-12/h4,7-8,11H,5-6,9-10H2,1-3H3,(H2,17,18,20). The van der Waals surface area contributed by atoms with Crippen molar-refractivity contribution in [2.75, 3.05) is 18.0 Å². The number of rotatable bonds is 2. The summed E-state index contributed by atoms with van der Waals surface area (Å²) in [7, 11) is 0. The van der Waals surface area contributed by atoms with Crippen molar-refractivity contribution in [3.8, 4) is 0 Å². The molecule has 0 bridgehead atoms. The maximum atomic E-state index is 11.8. The van der Waals surface area contributed by atoms with Crippen molar-refractivity contribution in [2.24, 2.45) is 0 Å². The van der Waals surface area contributed by atoms with Gasteiger partial charge >= 0.3 is 6.03 Å². The van der Waals surface area contributed by atoms with E-state index >= 15 is 0 Å². The van der Waals surface area contributed by atoms with Gasteiger partial charge < -0.3 is 15.5 Å². The maximum absolute atomic E-state index is 11.8. The maximum Gasteiger partial charge on any atom is 0.315 e. The molecule has 1 saturated heterocycles. The van der Waals surface area contributed by atoms with Crippen LogP contribution in [0.15, 0.2) is 18.5 Å². The zero-order valence-electron chi connectivity index (χ0n) is 12.4. The van der Waals surface area contributed by atoms with Gasteiger partial charge in [0.2, 0.25) is 5.95 Å². The lowest BCUT2D eigenvalue weighted by Gasteiger charge is -2.33. The Morgan fingerprint density at radius 3 is 2.40 bits per heavy atom. The highest BCUT2D eigenvalue weighted by molar-refractivity contribution is 5.75. The average Bonchev–Trinajstić information content (AvgIpc) is 2.38. The zero-order valence-corrected chi connectivity index (χ0v) is 12.4. The highest BCUT2D eigenvalue weighted by Gasteiger charge is 2.23. The minimum atomic E-state index is -0.206. The zero-order chi connectivity index (χ0) is 14.6. The number of piperidine rings is 1. The first-order valence-electron chi connectivity index (χ1n) is 7.05. The molecule has 0 radical (unpaired) electrons. The minimum Gasteiger partial charge on any atom is -0.341 e. The summed E-state index contributed by atoms with van der Waals surface area (Å²) in [6, 6.07) is 1.94. The Morgan fingerprint density at radius 2 is 1.85 bits per heavy atom. The number of nitrogens with zero attached hydrogens (tertiary/aromatic N) is 3. The fourth-order valence-electron chi connectivity index (χ4n) is 2.24. The van der Waals surface area contributed by atoms with E-state index in [-0.39, 0.29) is 17.6 Å². The summed E-state index contributed by atoms with van der Waals surface area (Å²) in [5.74, 6) is 0.769. The van der Waals surface area contributed by atoms with Crippen LogP contribution in [0.5, 0.6) is 0 Å². The molecule has 6 nitrogen and oxygen atoms in total. The summed E-state index contributed by atoms with van der Waals surface area (Å²) in [6.07, 6.45) is 5.33. The number of urea groups is 1. The number of carbonyl (C=O) groups excluding carboxylic acids is 1. The Labute approximate surface area is 120 Å². The van der Waals surface area contributed by atoms with Crippen LogP contribution < -0.4 is 15.5 Å². The molecule has 0 atom stereocenters. The molecule has 0 aromatic carbocycles. The molecule has 0 aliphatic carbocycles. The number of nitrogens with one attached hydrogen (secondary N) is 2. The minimum absolute atomic E-state index is 0.0908. The van der Waals surface area contributed by atoms with E-state index in [9.17, 15) is 4.79 Å². The Bertz CT molecular complexity index is 435. The van der Waals surface area contributed by atoms with Crippen LogP contribution in [0.1, 0.15) is 33.6 Å². The Balaban J connectivity index is 1.79. The average molecular weight is 277 g/mol. The molecule has 1 aromatic rings. The van der Waals surface area contributed by atoms with Gasteiger partial charge in [0.1, 0.15) is 0 Å². The molecule has 0 unspecified atom stereocenters. The van der Waals surface area contributed by atoms with Crippen molar-refractivity contribution in [3.05, 3.63) is 18.5 Å². The first-order valence-corrected chi connectivity index (χ1v) is 7.05. The van der Waals surface area contributed by atoms with Gasteiger partial charge in [0.25, 0.3) is 0 Å². The molecule has 1 fully saturated rings. The molecular formula is C14H23N5O. The van der Waals surface area contributed by atoms with Gasteiger partial charge in [-0.25, -0.2) is 14.8 Å². The summed E-state index contributed by atoms with van der Waals surface area (Å²) >= 11 is 0. The molecule has 1 aromatic heterocycles. The summed E-state index contributed by atoms with van der Waals surface area (Å²) in [5, 5.41) is 5.95. The van der Waals surface area contributed by atoms with E-state index < -0.39 is 0 Å². The topological polar surface area (TPSA) is 70.2 Å². The fraction of sp³-hybridized carbons (Fsp3) is 0.643. The van der Waals surface area contributed by atoms with Crippen LogP contribution in [0.25, 0.3) is 0 Å². The Hall–Kier alpha value is -1.85. The van der Waals surface area contributed by atoms with E-state index in [0.29, 0.717) is 0 Å². The summed E-state index contributed by atoms with van der Waals surface area (Å²) in [4.78, 5) is 22.5. The molecular weight excluding hydrogens is 254 g/mol. The lowest BCUT2D eigenvalue weighted by atomic mass is 10.1. The number of hydrogen-bond donors (Lipinski definition) is 2. The second-order valence-electron chi connectivity index (χ2n) is 6.16. The van der Waals surface area contributed by atoms with Crippen molar-refractivity contribution in [1.29, 1.82) is 0 Å². The second-order valence-corrected chi connectivity index (χ2v) is 6.16. The van der Waals surface area contributed by atoms with Crippen molar-refractivity contribution in [1.82, 2.24) is 20.6 Å². The van der Waals surface area contributed by atoms with Crippen molar-refractivity contribution >= 4 is 12.0 Å². The third kappa shape index (κ3) is 4.36. The highest BCUT2D eigenvalue weighted by atomic mass is 16.2. The van der Waals surface area contributed by atoms with Crippen LogP contribution in [0, 0.1) is 0 Å². The van der Waals surface area contributed by atoms with Gasteiger partial charge in [0.15, 0.2) is 0 Å². The Morgan fingerprint density at radius 1 is 1.25 bits per heavy atom. The first kappa shape index (κ1) is 14.6. The molecule has 110 valence electrons. The highest BCUT2D eigenvalue weighted by Crippen LogP contribution is 2.15. The van der Waals surface area contributed by atoms with Crippen LogP contribution in [-0.2, 0) is 0 Å². The third-order valence-corrected chi connectivity index (χ3v) is 3.15. The van der Waals surface area contributed by atoms with E-state index in [1.54, 1.807) is 12.4 Å². The van der Waals surface area contributed by atoms with E-state index in [0.717, 1.165) is 31.9 Å². The van der Waals surface area contributed by atoms with E-state index in [1.165, 1.54) is 0 Å². The van der Waals surface area contributed by atoms with Gasteiger partial charge in [-0.1, -0.05) is 0 Å². The smallest absolute Gasteiger partial charge is 0.315 e. The first-order chi connectivity index (χ1) is 9.44. The van der Waals surface area contributed by atoms with Gasteiger partial charge in [0.05, 0.1) is 0 Å². The normalized spacial score (nSPS) is 16.9. The van der Waals surface area contributed by atoms with Gasteiger partial charge in [-0.2, -0.15) is 0 Å². The predicted octanol–water partition coefficient (Wildman–Crippen LogP) is 1.54. The SMILES string of the molecule is CC(C)(C)NC(=O)NC1CCN(c2ncccn2)CC1. The van der Waals surface area contributed by atoms with Gasteiger partial charge in [-0.15, -0.1) is 0 Å². The monoisotopic (exact) mass is 277 g/mol. The lowest BCUT2D eigenvalue weighted by molar-refractivity contribution is 0.225. The summed E-state index contributed by atoms with van der Waals surface area (Å²) in [6.45, 7) is 7.65. The van der Waals surface area contributed by atoms with Gasteiger partial charge in [-0.3, -0.25) is 0 Å². The Kier molecular flexibility index (Phi) is 4.42. The molecule has 2 N–H and O–H groups in total.